The van der Waals surface area contributed by atoms with Crippen LogP contribution in [0.25, 0.3) is 0 Å². The number of aromatic nitrogens is 2. The molecule has 0 unspecified atom stereocenters. The molecule has 0 saturated carbocycles. The van der Waals surface area contributed by atoms with Crippen molar-refractivity contribution in [2.24, 2.45) is 0 Å². The second-order valence-corrected chi connectivity index (χ2v) is 4.27. The molecule has 16 heavy (non-hydrogen) atoms. The highest BCUT2D eigenvalue weighted by molar-refractivity contribution is 7.15. The van der Waals surface area contributed by atoms with Crippen molar-refractivity contribution in [1.82, 2.24) is 10.2 Å². The van der Waals surface area contributed by atoms with Crippen LogP contribution in [-0.4, -0.2) is 27.2 Å². The van der Waals surface area contributed by atoms with Crippen molar-refractivity contribution in [3.05, 3.63) is 17.2 Å². The van der Waals surface area contributed by atoms with E-state index in [1.165, 1.54) is 11.3 Å². The Labute approximate surface area is 96.0 Å². The molecule has 0 atom stereocenters. The van der Waals surface area contributed by atoms with Gasteiger partial charge in [-0.25, -0.2) is 4.79 Å². The second kappa shape index (κ2) is 5.36. The lowest BCUT2D eigenvalue weighted by Crippen LogP contribution is -2.08. The van der Waals surface area contributed by atoms with Crippen LogP contribution in [0.3, 0.4) is 0 Å². The summed E-state index contributed by atoms with van der Waals surface area (Å²) in [5.41, 5.74) is 0. The topological polar surface area (TPSA) is 92.2 Å². The Morgan fingerprint density at radius 2 is 2.06 bits per heavy atom. The highest BCUT2D eigenvalue weighted by Gasteiger charge is 2.08. The molecule has 7 heteroatoms. The molecule has 0 radical (unpaired) electrons. The van der Waals surface area contributed by atoms with Crippen LogP contribution < -0.4 is 5.32 Å². The highest BCUT2D eigenvalue weighted by atomic mass is 32.1. The quantitative estimate of drug-likeness (QED) is 0.774. The van der Waals surface area contributed by atoms with E-state index in [9.17, 15) is 9.59 Å². The van der Waals surface area contributed by atoms with Gasteiger partial charge in [0.1, 0.15) is 5.01 Å². The summed E-state index contributed by atoms with van der Waals surface area (Å²) >= 11 is 1.27. The zero-order valence-corrected chi connectivity index (χ0v) is 9.61. The Bertz CT molecular complexity index is 425. The minimum atomic E-state index is -1.17. The summed E-state index contributed by atoms with van der Waals surface area (Å²) in [5, 5.41) is 19.6. The summed E-state index contributed by atoms with van der Waals surface area (Å²) in [7, 11) is 0. The van der Waals surface area contributed by atoms with E-state index < -0.39 is 11.9 Å². The van der Waals surface area contributed by atoms with Crippen LogP contribution in [-0.2, 0) is 9.59 Å². The Morgan fingerprint density at radius 3 is 2.56 bits per heavy atom. The van der Waals surface area contributed by atoms with Crippen molar-refractivity contribution >= 4 is 28.3 Å². The maximum Gasteiger partial charge on any atom is 0.328 e. The first-order valence-corrected chi connectivity index (χ1v) is 5.36. The lowest BCUT2D eigenvalue weighted by molar-refractivity contribution is -0.131. The predicted octanol–water partition coefficient (Wildman–Crippen LogP) is 1.24. The summed E-state index contributed by atoms with van der Waals surface area (Å²) in [4.78, 5) is 21.3. The summed E-state index contributed by atoms with van der Waals surface area (Å²) in [6, 6.07) is 0. The standard InChI is InChI=1S/C9H11N3O3S/c1-5(2)8-11-12-9(16-8)10-6(13)3-4-7(14)15/h3-5H,1-2H3,(H,14,15)(H,10,12,13)/b4-3-. The van der Waals surface area contributed by atoms with E-state index in [0.717, 1.165) is 17.2 Å². The van der Waals surface area contributed by atoms with Crippen LogP contribution in [0.4, 0.5) is 5.13 Å². The van der Waals surface area contributed by atoms with Crippen LogP contribution in [0.1, 0.15) is 24.8 Å². The molecule has 1 amide bonds. The predicted molar refractivity (Wildman–Crippen MR) is 59.4 cm³/mol. The minimum absolute atomic E-state index is 0.248. The number of hydrogen-bond donors (Lipinski definition) is 2. The Hall–Kier alpha value is -1.76. The fraction of sp³-hybridized carbons (Fsp3) is 0.333. The average Bonchev–Trinajstić information content (AvgIpc) is 2.63. The van der Waals surface area contributed by atoms with Gasteiger partial charge in [0.2, 0.25) is 11.0 Å². The van der Waals surface area contributed by atoms with Crippen molar-refractivity contribution in [1.29, 1.82) is 0 Å². The number of rotatable bonds is 4. The van der Waals surface area contributed by atoms with Gasteiger partial charge < -0.3 is 5.11 Å². The number of carbonyl (C=O) groups is 2. The van der Waals surface area contributed by atoms with E-state index in [2.05, 4.69) is 15.5 Å². The molecule has 0 aliphatic heterocycles. The third-order valence-electron chi connectivity index (χ3n) is 1.54. The maximum atomic E-state index is 11.2. The third kappa shape index (κ3) is 3.77. The normalized spacial score (nSPS) is 10.9. The third-order valence-corrected chi connectivity index (χ3v) is 2.68. The zero-order valence-electron chi connectivity index (χ0n) is 8.80. The first-order valence-electron chi connectivity index (χ1n) is 4.54. The van der Waals surface area contributed by atoms with Crippen molar-refractivity contribution in [3.8, 4) is 0 Å². The molecule has 1 aromatic heterocycles. The number of nitrogens with one attached hydrogen (secondary N) is 1. The number of carboxylic acid groups (broad SMARTS) is 1. The van der Waals surface area contributed by atoms with Gasteiger partial charge in [0, 0.05) is 18.1 Å². The van der Waals surface area contributed by atoms with Gasteiger partial charge in [0.25, 0.3) is 0 Å². The smallest absolute Gasteiger partial charge is 0.328 e. The molecule has 0 aromatic carbocycles. The molecular formula is C9H11N3O3S. The van der Waals surface area contributed by atoms with Gasteiger partial charge in [-0.1, -0.05) is 25.2 Å². The van der Waals surface area contributed by atoms with Crippen LogP contribution >= 0.6 is 11.3 Å². The van der Waals surface area contributed by atoms with Crippen LogP contribution in [0.5, 0.6) is 0 Å². The summed E-state index contributed by atoms with van der Waals surface area (Å²) < 4.78 is 0. The number of amides is 1. The zero-order chi connectivity index (χ0) is 12.1. The lowest BCUT2D eigenvalue weighted by atomic mass is 10.2. The maximum absolute atomic E-state index is 11.2. The summed E-state index contributed by atoms with van der Waals surface area (Å²) in [5.74, 6) is -1.46. The van der Waals surface area contributed by atoms with Crippen molar-refractivity contribution < 1.29 is 14.7 Å². The molecule has 86 valence electrons. The molecule has 2 N–H and O–H groups in total. The van der Waals surface area contributed by atoms with Gasteiger partial charge in [0.15, 0.2) is 0 Å². The molecule has 0 fully saturated rings. The fourth-order valence-corrected chi connectivity index (χ4v) is 1.56. The number of nitrogens with zero attached hydrogens (tertiary/aromatic N) is 2. The monoisotopic (exact) mass is 241 g/mol. The molecule has 1 rings (SSSR count). The Kier molecular flexibility index (Phi) is 4.12. The van der Waals surface area contributed by atoms with Crippen molar-refractivity contribution in [2.45, 2.75) is 19.8 Å². The van der Waals surface area contributed by atoms with Crippen LogP contribution in [0.15, 0.2) is 12.2 Å². The highest BCUT2D eigenvalue weighted by Crippen LogP contribution is 2.22. The van der Waals surface area contributed by atoms with Crippen molar-refractivity contribution in [2.75, 3.05) is 5.32 Å². The van der Waals surface area contributed by atoms with Gasteiger partial charge in [0.05, 0.1) is 0 Å². The van der Waals surface area contributed by atoms with E-state index in [4.69, 9.17) is 5.11 Å². The van der Waals surface area contributed by atoms with Gasteiger partial charge in [-0.05, 0) is 0 Å². The van der Waals surface area contributed by atoms with E-state index in [1.807, 2.05) is 13.8 Å². The molecule has 0 aliphatic carbocycles. The molecule has 0 bridgehead atoms. The van der Waals surface area contributed by atoms with Gasteiger partial charge in [-0.3, -0.25) is 10.1 Å². The summed E-state index contributed by atoms with van der Waals surface area (Å²) in [6.45, 7) is 3.94. The number of carbonyl (C=O) groups excluding carboxylic acids is 1. The molecule has 1 aromatic rings. The number of carboxylic acids is 1. The largest absolute Gasteiger partial charge is 0.478 e. The van der Waals surface area contributed by atoms with E-state index in [1.54, 1.807) is 0 Å². The molecule has 6 nitrogen and oxygen atoms in total. The molecular weight excluding hydrogens is 230 g/mol. The average molecular weight is 241 g/mol. The van der Waals surface area contributed by atoms with Crippen LogP contribution in [0.2, 0.25) is 0 Å². The Morgan fingerprint density at radius 1 is 1.38 bits per heavy atom. The van der Waals surface area contributed by atoms with Gasteiger partial charge >= 0.3 is 5.97 Å². The first-order chi connectivity index (χ1) is 7.49. The fourth-order valence-electron chi connectivity index (χ4n) is 0.812. The van der Waals surface area contributed by atoms with E-state index >= 15 is 0 Å². The first kappa shape index (κ1) is 12.3. The van der Waals surface area contributed by atoms with E-state index in [-0.39, 0.29) is 5.92 Å². The number of hydrogen-bond acceptors (Lipinski definition) is 5. The SMILES string of the molecule is CC(C)c1nnc(NC(=O)/C=C\C(=O)O)s1. The molecule has 0 aliphatic rings. The number of anilines is 1. The second-order valence-electron chi connectivity index (χ2n) is 3.26. The Balaban J connectivity index is 2.59. The molecule has 1 heterocycles. The minimum Gasteiger partial charge on any atom is -0.478 e. The summed E-state index contributed by atoms with van der Waals surface area (Å²) in [6.07, 6.45) is 1.69. The number of aliphatic carboxylic acids is 1. The van der Waals surface area contributed by atoms with Crippen LogP contribution in [0, 0.1) is 0 Å². The van der Waals surface area contributed by atoms with Gasteiger partial charge in [-0.2, -0.15) is 0 Å². The lowest BCUT2D eigenvalue weighted by Gasteiger charge is -1.95. The van der Waals surface area contributed by atoms with E-state index in [0.29, 0.717) is 5.13 Å². The molecule has 0 saturated heterocycles. The van der Waals surface area contributed by atoms with Crippen molar-refractivity contribution in [3.63, 3.8) is 0 Å². The molecule has 0 spiro atoms. The van der Waals surface area contributed by atoms with Gasteiger partial charge in [-0.15, -0.1) is 10.2 Å².